The quantitative estimate of drug-likeness (QED) is 0.187. The van der Waals surface area contributed by atoms with Gasteiger partial charge in [0.05, 0.1) is 45.3 Å². The van der Waals surface area contributed by atoms with Crippen LogP contribution in [0.3, 0.4) is 0 Å². The molecule has 2 aliphatic heterocycles. The molecule has 0 saturated heterocycles. The Balaban J connectivity index is 2.09. The Kier molecular flexibility index (Phi) is 9.10. The lowest BCUT2D eigenvalue weighted by Crippen LogP contribution is -2.19. The number of rotatable bonds is 2. The molecule has 8 nitrogen and oxygen atoms in total. The summed E-state index contributed by atoms with van der Waals surface area (Å²) in [6.07, 6.45) is -28.7. The summed E-state index contributed by atoms with van der Waals surface area (Å²) in [6.45, 7) is 1.00. The molecule has 1 aromatic carbocycles. The van der Waals surface area contributed by atoms with E-state index in [9.17, 15) is 60.6 Å². The van der Waals surface area contributed by atoms with Crippen molar-refractivity contribution in [2.45, 2.75) is 37.8 Å². The predicted octanol–water partition coefficient (Wildman–Crippen LogP) is 9.75. The zero-order valence-electron chi connectivity index (χ0n) is 26.1. The van der Waals surface area contributed by atoms with Crippen LogP contribution in [-0.4, -0.2) is 21.4 Å². The third-order valence-corrected chi connectivity index (χ3v) is 7.57. The normalized spacial score (nSPS) is 14.3. The highest BCUT2D eigenvalue weighted by atomic mass is 19.4. The van der Waals surface area contributed by atoms with E-state index in [-0.39, 0.29) is 11.6 Å². The molecule has 2 aromatic heterocycles. The molecule has 55 heavy (non-hydrogen) atoms. The number of nitriles is 4. The number of fused-ring (bicyclic) bond motifs is 2. The molecule has 0 aliphatic carbocycles. The highest BCUT2D eigenvalue weighted by molar-refractivity contribution is 6.41. The Labute approximate surface area is 294 Å². The summed E-state index contributed by atoms with van der Waals surface area (Å²) in [6, 6.07) is 4.52. The predicted molar refractivity (Wildman–Crippen MR) is 153 cm³/mol. The Morgan fingerprint density at radius 2 is 0.873 bits per heavy atom. The summed E-state index contributed by atoms with van der Waals surface area (Å²) in [5.41, 5.74) is -31.3. The lowest BCUT2D eigenvalue weighted by molar-refractivity contribution is -0.146. The van der Waals surface area contributed by atoms with Crippen LogP contribution in [-0.2, 0) is 30.9 Å². The van der Waals surface area contributed by atoms with E-state index in [1.165, 1.54) is 0 Å². The molecular weight excluding hydrogens is 781 g/mol. The van der Waals surface area contributed by atoms with Gasteiger partial charge in [0.25, 0.3) is 0 Å². The molecule has 5 rings (SSSR count). The summed E-state index contributed by atoms with van der Waals surface area (Å²) in [5, 5.41) is 38.8. The number of pyridine rings is 2. The second kappa shape index (κ2) is 12.7. The van der Waals surface area contributed by atoms with Crippen LogP contribution in [0.4, 0.5) is 77.2 Å². The van der Waals surface area contributed by atoms with Crippen molar-refractivity contribution in [2.75, 3.05) is 0 Å². The van der Waals surface area contributed by atoms with Crippen molar-refractivity contribution < 1.29 is 65.9 Å². The van der Waals surface area contributed by atoms with Gasteiger partial charge >= 0.3 is 30.9 Å². The SMILES string of the molecule is Cc1cc(C2=Nc3c(c(C(F)(F)F)c4c(c3C(F)(F)F)N=C(c3cc(C(F)(F)F)cc(C(F)(F)F)n3)C4=C(C#N)C#N)C2=C(C#N)C#N)nc(C(F)(F)F)c1. The number of alkyl halides is 15. The monoisotopic (exact) mass is 788 g/mol. The Hall–Kier alpha value is -6.75. The summed E-state index contributed by atoms with van der Waals surface area (Å²) in [7, 11) is 0. The Morgan fingerprint density at radius 3 is 1.22 bits per heavy atom. The van der Waals surface area contributed by atoms with Crippen molar-refractivity contribution in [1.29, 1.82) is 21.0 Å². The van der Waals surface area contributed by atoms with Gasteiger partial charge in [-0.15, -0.1) is 0 Å². The van der Waals surface area contributed by atoms with Crippen molar-refractivity contribution in [3.05, 3.63) is 91.6 Å². The molecular formula is C32H7F15N8. The molecule has 0 spiro atoms. The largest absolute Gasteiger partial charge is 0.433 e. The van der Waals surface area contributed by atoms with E-state index in [0.29, 0.717) is 12.1 Å². The maximum absolute atomic E-state index is 15.4. The zero-order valence-corrected chi connectivity index (χ0v) is 26.1. The summed E-state index contributed by atoms with van der Waals surface area (Å²) < 4.78 is 215. The van der Waals surface area contributed by atoms with Gasteiger partial charge in [-0.2, -0.15) is 86.9 Å². The second-order valence-electron chi connectivity index (χ2n) is 11.1. The lowest BCUT2D eigenvalue weighted by atomic mass is 9.83. The number of hydrogen-bond acceptors (Lipinski definition) is 8. The average molecular weight is 788 g/mol. The molecule has 0 unspecified atom stereocenters. The van der Waals surface area contributed by atoms with Gasteiger partial charge in [-0.1, -0.05) is 0 Å². The fraction of sp³-hybridized carbons (Fsp3) is 0.188. The zero-order chi connectivity index (χ0) is 41.4. The molecule has 280 valence electrons. The van der Waals surface area contributed by atoms with Gasteiger partial charge < -0.3 is 0 Å². The van der Waals surface area contributed by atoms with Crippen LogP contribution in [0.5, 0.6) is 0 Å². The highest BCUT2D eigenvalue weighted by Crippen LogP contribution is 2.60. The molecule has 0 atom stereocenters. The van der Waals surface area contributed by atoms with Gasteiger partial charge in [-0.25, -0.2) is 20.0 Å². The van der Waals surface area contributed by atoms with Crippen LogP contribution in [0, 0.1) is 52.2 Å². The third-order valence-electron chi connectivity index (χ3n) is 7.57. The van der Waals surface area contributed by atoms with E-state index in [1.54, 1.807) is 0 Å². The number of benzene rings is 1. The lowest BCUT2D eigenvalue weighted by Gasteiger charge is -2.22. The first-order valence-corrected chi connectivity index (χ1v) is 14.1. The molecule has 0 N–H and O–H groups in total. The van der Waals surface area contributed by atoms with Gasteiger partial charge in [0.2, 0.25) is 0 Å². The number of hydrogen-bond donors (Lipinski definition) is 0. The fourth-order valence-corrected chi connectivity index (χ4v) is 5.58. The summed E-state index contributed by atoms with van der Waals surface area (Å²) in [5.74, 6) is 0. The van der Waals surface area contributed by atoms with Crippen LogP contribution in [0.2, 0.25) is 0 Å². The maximum Gasteiger partial charge on any atom is 0.433 e. The smallest absolute Gasteiger partial charge is 0.245 e. The van der Waals surface area contributed by atoms with E-state index >= 15 is 26.3 Å². The minimum Gasteiger partial charge on any atom is -0.245 e. The van der Waals surface area contributed by atoms with Crippen LogP contribution >= 0.6 is 0 Å². The molecule has 3 aromatic rings. The molecule has 2 aliphatic rings. The first-order valence-electron chi connectivity index (χ1n) is 14.1. The number of aliphatic imine (C=N–C) groups is 2. The standard InChI is InChI=1S/C32H7F15N8/c1-10-2-14(52-16(3-10)29(36,37)38)24-18(11(6-48)7-49)20-22(31(42,43)44)21-19(12(8-50)9-51)25(55-27(21)23(26(20)54-24)32(45,46)47)15-4-13(28(33,34)35)5-17(53-15)30(39,40)41/h2-5H,1H3. The van der Waals surface area contributed by atoms with Gasteiger partial charge in [0.1, 0.15) is 52.4 Å². The van der Waals surface area contributed by atoms with Gasteiger partial charge in [0.15, 0.2) is 0 Å². The second-order valence-corrected chi connectivity index (χ2v) is 11.1. The molecule has 0 fully saturated rings. The minimum absolute atomic E-state index is 0.257. The maximum atomic E-state index is 15.4. The number of nitrogens with zero attached hydrogens (tertiary/aromatic N) is 8. The minimum atomic E-state index is -6.06. The first kappa shape index (κ1) is 39.5. The Morgan fingerprint density at radius 1 is 0.491 bits per heavy atom. The third kappa shape index (κ3) is 6.80. The number of aryl methyl sites for hydroxylation is 1. The highest BCUT2D eigenvalue weighted by Gasteiger charge is 2.53. The van der Waals surface area contributed by atoms with E-state index < -0.39 is 133 Å². The number of aromatic nitrogens is 2. The molecule has 0 saturated carbocycles. The van der Waals surface area contributed by atoms with E-state index in [4.69, 9.17) is 0 Å². The van der Waals surface area contributed by atoms with Crippen LogP contribution in [0.15, 0.2) is 45.4 Å². The topological polar surface area (TPSA) is 146 Å². The van der Waals surface area contributed by atoms with Crippen LogP contribution < -0.4 is 0 Å². The molecule has 23 heteroatoms. The van der Waals surface area contributed by atoms with E-state index in [2.05, 4.69) is 20.0 Å². The van der Waals surface area contributed by atoms with Crippen molar-refractivity contribution in [3.8, 4) is 24.3 Å². The summed E-state index contributed by atoms with van der Waals surface area (Å²) >= 11 is 0. The van der Waals surface area contributed by atoms with Crippen molar-refractivity contribution in [2.24, 2.45) is 9.98 Å². The van der Waals surface area contributed by atoms with Crippen LogP contribution in [0.1, 0.15) is 56.2 Å². The number of allylic oxidation sites excluding steroid dienone is 4. The van der Waals surface area contributed by atoms with E-state index in [1.807, 2.05) is 0 Å². The molecule has 4 heterocycles. The average Bonchev–Trinajstić information content (AvgIpc) is 3.61. The Bertz CT molecular complexity index is 2450. The van der Waals surface area contributed by atoms with Crippen molar-refractivity contribution in [3.63, 3.8) is 0 Å². The molecule has 0 bridgehead atoms. The van der Waals surface area contributed by atoms with E-state index in [0.717, 1.165) is 31.2 Å². The number of halogens is 15. The van der Waals surface area contributed by atoms with Crippen molar-refractivity contribution in [1.82, 2.24) is 9.97 Å². The van der Waals surface area contributed by atoms with Crippen molar-refractivity contribution >= 4 is 33.9 Å². The van der Waals surface area contributed by atoms with Gasteiger partial charge in [-0.05, 0) is 36.8 Å². The fourth-order valence-electron chi connectivity index (χ4n) is 5.58. The molecule has 0 radical (unpaired) electrons. The summed E-state index contributed by atoms with van der Waals surface area (Å²) in [4.78, 5) is 12.9. The van der Waals surface area contributed by atoms with Crippen LogP contribution in [0.25, 0.3) is 11.1 Å². The van der Waals surface area contributed by atoms with Gasteiger partial charge in [0, 0.05) is 22.3 Å². The first-order chi connectivity index (χ1) is 25.2. The van der Waals surface area contributed by atoms with Gasteiger partial charge in [-0.3, -0.25) is 0 Å². The molecule has 0 amide bonds.